The van der Waals surface area contributed by atoms with E-state index in [4.69, 9.17) is 9.05 Å². The third kappa shape index (κ3) is 3.51. The van der Waals surface area contributed by atoms with E-state index < -0.39 is 18.8 Å². The van der Waals surface area contributed by atoms with Crippen LogP contribution in [0.4, 0.5) is 0 Å². The lowest BCUT2D eigenvalue weighted by molar-refractivity contribution is 0.00578. The molecule has 0 aromatic heterocycles. The maximum Gasteiger partial charge on any atom is 0.335 e. The molecule has 0 unspecified atom stereocenters. The molecule has 0 aromatic rings. The molecule has 19 heavy (non-hydrogen) atoms. The van der Waals surface area contributed by atoms with Crippen LogP contribution in [-0.4, -0.2) is 17.4 Å². The van der Waals surface area contributed by atoms with Gasteiger partial charge in [-0.15, -0.1) is 0 Å². The molecular weight excluding hydrogens is 259 g/mol. The van der Waals surface area contributed by atoms with Crippen LogP contribution in [0.25, 0.3) is 0 Å². The van der Waals surface area contributed by atoms with Crippen molar-refractivity contribution in [2.45, 2.75) is 71.0 Å². The van der Waals surface area contributed by atoms with Crippen molar-refractivity contribution < 1.29 is 13.6 Å². The maximum absolute atomic E-state index is 12.6. The topological polar surface area (TPSA) is 35.5 Å². The summed E-state index contributed by atoms with van der Waals surface area (Å²) >= 11 is 0. The van der Waals surface area contributed by atoms with Crippen LogP contribution in [-0.2, 0) is 13.6 Å². The van der Waals surface area contributed by atoms with Gasteiger partial charge in [-0.25, -0.2) is 0 Å². The summed E-state index contributed by atoms with van der Waals surface area (Å²) in [6, 6.07) is 0. The van der Waals surface area contributed by atoms with Crippen LogP contribution < -0.4 is 0 Å². The van der Waals surface area contributed by atoms with E-state index in [-0.39, 0.29) is 0 Å². The monoisotopic (exact) mass is 286 g/mol. The van der Waals surface area contributed by atoms with Gasteiger partial charge in [0.05, 0.1) is 6.16 Å². The fourth-order valence-corrected chi connectivity index (χ4v) is 5.11. The van der Waals surface area contributed by atoms with E-state index in [0.717, 1.165) is 0 Å². The molecule has 0 bridgehead atoms. The Morgan fingerprint density at radius 2 is 1.58 bits per heavy atom. The highest BCUT2D eigenvalue weighted by molar-refractivity contribution is 7.54. The highest BCUT2D eigenvalue weighted by atomic mass is 31.2. The lowest BCUT2D eigenvalue weighted by Gasteiger charge is -2.29. The summed E-state index contributed by atoms with van der Waals surface area (Å²) in [5, 5.41) is 0. The zero-order valence-corrected chi connectivity index (χ0v) is 13.5. The first-order valence-corrected chi connectivity index (χ1v) is 9.14. The fourth-order valence-electron chi connectivity index (χ4n) is 2.72. The summed E-state index contributed by atoms with van der Waals surface area (Å²) in [4.78, 5) is 0. The molecule has 2 rings (SSSR count). The Bertz CT molecular complexity index is 372. The van der Waals surface area contributed by atoms with E-state index in [2.05, 4.69) is 6.08 Å². The van der Waals surface area contributed by atoms with Gasteiger partial charge in [0.15, 0.2) is 0 Å². The van der Waals surface area contributed by atoms with Gasteiger partial charge in [0, 0.05) is 0 Å². The average Bonchev–Trinajstić information content (AvgIpc) is 2.44. The van der Waals surface area contributed by atoms with Gasteiger partial charge in [-0.2, -0.15) is 0 Å². The van der Waals surface area contributed by atoms with Crippen molar-refractivity contribution in [3.05, 3.63) is 12.2 Å². The van der Waals surface area contributed by atoms with Crippen LogP contribution in [0.15, 0.2) is 12.2 Å². The summed E-state index contributed by atoms with van der Waals surface area (Å²) in [5.74, 6) is 0.656. The molecule has 0 amide bonds. The zero-order valence-electron chi connectivity index (χ0n) is 12.6. The van der Waals surface area contributed by atoms with Gasteiger partial charge in [0.25, 0.3) is 0 Å². The van der Waals surface area contributed by atoms with E-state index in [9.17, 15) is 4.57 Å². The van der Waals surface area contributed by atoms with Crippen molar-refractivity contribution in [1.29, 1.82) is 0 Å². The Morgan fingerprint density at radius 1 is 1.05 bits per heavy atom. The third-order valence-electron chi connectivity index (χ3n) is 4.57. The molecule has 0 radical (unpaired) electrons. The molecule has 110 valence electrons. The minimum atomic E-state index is -2.97. The predicted molar refractivity (Wildman–Crippen MR) is 78.5 cm³/mol. The summed E-state index contributed by atoms with van der Waals surface area (Å²) in [6.45, 7) is 7.77. The molecule has 4 heteroatoms. The van der Waals surface area contributed by atoms with Crippen molar-refractivity contribution in [3.63, 3.8) is 0 Å². The molecule has 0 spiro atoms. The molecule has 2 fully saturated rings. The summed E-state index contributed by atoms with van der Waals surface area (Å²) in [6.07, 6.45) is 11.1. The first kappa shape index (κ1) is 15.3. The van der Waals surface area contributed by atoms with Gasteiger partial charge in [-0.1, -0.05) is 31.4 Å². The average molecular weight is 286 g/mol. The van der Waals surface area contributed by atoms with Crippen LogP contribution in [0.5, 0.6) is 0 Å². The number of rotatable bonds is 3. The summed E-state index contributed by atoms with van der Waals surface area (Å²) in [5.41, 5.74) is -0.998. The predicted octanol–water partition coefficient (Wildman–Crippen LogP) is 4.92. The highest BCUT2D eigenvalue weighted by Crippen LogP contribution is 2.63. The molecule has 1 saturated carbocycles. The first-order chi connectivity index (χ1) is 8.74. The largest absolute Gasteiger partial charge is 0.335 e. The molecule has 1 aliphatic carbocycles. The second-order valence-electron chi connectivity index (χ2n) is 6.82. The molecule has 0 N–H and O–H groups in total. The standard InChI is InChI=1S/C15H27O3P/c1-14(2)15(3,4)18-19(16,17-14)12-8-11-13-9-6-5-7-10-13/h8,11,13H,5-7,9-10,12H2,1-4H3/b11-8-. The number of hydrogen-bond acceptors (Lipinski definition) is 3. The van der Waals surface area contributed by atoms with E-state index in [1.54, 1.807) is 0 Å². The molecule has 0 atom stereocenters. The third-order valence-corrected chi connectivity index (χ3v) is 6.70. The van der Waals surface area contributed by atoms with Crippen molar-refractivity contribution >= 4 is 7.60 Å². The molecule has 0 aromatic carbocycles. The van der Waals surface area contributed by atoms with Crippen LogP contribution in [0.3, 0.4) is 0 Å². The zero-order chi connectivity index (χ0) is 14.1. The maximum atomic E-state index is 12.6. The van der Waals surface area contributed by atoms with Gasteiger partial charge in [0.2, 0.25) is 0 Å². The smallest absolute Gasteiger partial charge is 0.299 e. The van der Waals surface area contributed by atoms with Gasteiger partial charge >= 0.3 is 7.60 Å². The first-order valence-electron chi connectivity index (χ1n) is 7.41. The van der Waals surface area contributed by atoms with Crippen molar-refractivity contribution in [1.82, 2.24) is 0 Å². The molecule has 1 heterocycles. The number of hydrogen-bond donors (Lipinski definition) is 0. The van der Waals surface area contributed by atoms with Crippen LogP contribution in [0.2, 0.25) is 0 Å². The molecule has 1 aliphatic heterocycles. The summed E-state index contributed by atoms with van der Waals surface area (Å²) < 4.78 is 24.0. The molecule has 2 aliphatic rings. The Kier molecular flexibility index (Phi) is 4.30. The van der Waals surface area contributed by atoms with Crippen LogP contribution in [0.1, 0.15) is 59.8 Å². The minimum absolute atomic E-state index is 0.399. The van der Waals surface area contributed by atoms with E-state index in [0.29, 0.717) is 12.1 Å². The van der Waals surface area contributed by atoms with Gasteiger partial charge in [-0.3, -0.25) is 13.6 Å². The fraction of sp³-hybridized carbons (Fsp3) is 0.867. The van der Waals surface area contributed by atoms with Gasteiger partial charge in [0.1, 0.15) is 11.2 Å². The van der Waals surface area contributed by atoms with Crippen LogP contribution >= 0.6 is 7.60 Å². The second kappa shape index (κ2) is 5.35. The van der Waals surface area contributed by atoms with Gasteiger partial charge in [-0.05, 0) is 46.5 Å². The highest BCUT2D eigenvalue weighted by Gasteiger charge is 2.54. The van der Waals surface area contributed by atoms with E-state index >= 15 is 0 Å². The van der Waals surface area contributed by atoms with Crippen molar-refractivity contribution in [3.8, 4) is 0 Å². The van der Waals surface area contributed by atoms with Gasteiger partial charge < -0.3 is 0 Å². The Balaban J connectivity index is 1.92. The van der Waals surface area contributed by atoms with E-state index in [1.165, 1.54) is 32.1 Å². The quantitative estimate of drug-likeness (QED) is 0.545. The molecule has 3 nitrogen and oxygen atoms in total. The second-order valence-corrected chi connectivity index (χ2v) is 8.78. The summed E-state index contributed by atoms with van der Waals surface area (Å²) in [7, 11) is -2.97. The van der Waals surface area contributed by atoms with Crippen LogP contribution in [0, 0.1) is 5.92 Å². The van der Waals surface area contributed by atoms with Crippen molar-refractivity contribution in [2.75, 3.05) is 6.16 Å². The molecule has 1 saturated heterocycles. The van der Waals surface area contributed by atoms with Crippen molar-refractivity contribution in [2.24, 2.45) is 5.92 Å². The molecular formula is C15H27O3P. The van der Waals surface area contributed by atoms with E-state index in [1.807, 2.05) is 33.8 Å². The SMILES string of the molecule is CC1(C)OP(=O)(C/C=C\C2CCCCC2)OC1(C)C. The lowest BCUT2D eigenvalue weighted by Crippen LogP contribution is -2.41. The Morgan fingerprint density at radius 3 is 2.11 bits per heavy atom. The number of allylic oxidation sites excluding steroid dienone is 2. The Hall–Kier alpha value is -0.110. The lowest BCUT2D eigenvalue weighted by atomic mass is 9.89. The normalized spacial score (nSPS) is 29.9. The Labute approximate surface area is 117 Å². The minimum Gasteiger partial charge on any atom is -0.299 e.